The summed E-state index contributed by atoms with van der Waals surface area (Å²) >= 11 is 0. The molecule has 0 aliphatic carbocycles. The first kappa shape index (κ1) is 16.6. The molecule has 2 aromatic carbocycles. The Balaban J connectivity index is 1.89. The number of hydrogen-bond acceptors (Lipinski definition) is 3. The van der Waals surface area contributed by atoms with Gasteiger partial charge >= 0.3 is 5.97 Å². The van der Waals surface area contributed by atoms with E-state index in [2.05, 4.69) is 5.32 Å². The molecule has 120 valence electrons. The predicted molar refractivity (Wildman–Crippen MR) is 81.1 cm³/mol. The zero-order valence-electron chi connectivity index (χ0n) is 12.4. The van der Waals surface area contributed by atoms with Gasteiger partial charge in [0, 0.05) is 12.6 Å². The fourth-order valence-electron chi connectivity index (χ4n) is 1.96. The zero-order chi connectivity index (χ0) is 16.8. The molecular formula is C17H15F2NO3. The summed E-state index contributed by atoms with van der Waals surface area (Å²) in [6, 6.07) is 9.36. The summed E-state index contributed by atoms with van der Waals surface area (Å²) in [7, 11) is 0. The van der Waals surface area contributed by atoms with Gasteiger partial charge in [-0.2, -0.15) is 0 Å². The molecule has 0 fully saturated rings. The van der Waals surface area contributed by atoms with Crippen LogP contribution in [0.3, 0.4) is 0 Å². The van der Waals surface area contributed by atoms with Gasteiger partial charge < -0.3 is 10.1 Å². The van der Waals surface area contributed by atoms with Crippen LogP contribution in [-0.4, -0.2) is 11.9 Å². The maximum absolute atomic E-state index is 13.4. The van der Waals surface area contributed by atoms with Crippen molar-refractivity contribution in [2.45, 2.75) is 19.8 Å². The van der Waals surface area contributed by atoms with E-state index in [1.165, 1.54) is 19.1 Å². The van der Waals surface area contributed by atoms with Crippen molar-refractivity contribution >= 4 is 17.6 Å². The molecule has 0 unspecified atom stereocenters. The van der Waals surface area contributed by atoms with Crippen LogP contribution < -0.4 is 10.1 Å². The van der Waals surface area contributed by atoms with Gasteiger partial charge in [0.1, 0.15) is 17.4 Å². The Labute approximate surface area is 132 Å². The fraction of sp³-hybridized carbons (Fsp3) is 0.176. The highest BCUT2D eigenvalue weighted by atomic mass is 19.1. The summed E-state index contributed by atoms with van der Waals surface area (Å²) in [6.07, 6.45) is -0.0276. The van der Waals surface area contributed by atoms with Crippen molar-refractivity contribution in [3.05, 3.63) is 59.7 Å². The smallest absolute Gasteiger partial charge is 0.311 e. The van der Waals surface area contributed by atoms with Crippen LogP contribution >= 0.6 is 0 Å². The van der Waals surface area contributed by atoms with Crippen LogP contribution in [0.25, 0.3) is 0 Å². The second-order valence-electron chi connectivity index (χ2n) is 4.92. The van der Waals surface area contributed by atoms with Crippen LogP contribution in [0.2, 0.25) is 0 Å². The molecule has 0 spiro atoms. The van der Waals surface area contributed by atoms with Crippen molar-refractivity contribution in [1.82, 2.24) is 0 Å². The third-order valence-electron chi connectivity index (χ3n) is 3.01. The minimum atomic E-state index is -0.557. The monoisotopic (exact) mass is 319 g/mol. The van der Waals surface area contributed by atoms with Crippen LogP contribution in [0.4, 0.5) is 14.5 Å². The number of halogens is 2. The highest BCUT2D eigenvalue weighted by molar-refractivity contribution is 5.88. The Morgan fingerprint density at radius 1 is 1.09 bits per heavy atom. The zero-order valence-corrected chi connectivity index (χ0v) is 12.4. The third-order valence-corrected chi connectivity index (χ3v) is 3.01. The van der Waals surface area contributed by atoms with Gasteiger partial charge in [-0.25, -0.2) is 8.78 Å². The molecule has 0 aliphatic rings. The van der Waals surface area contributed by atoms with Gasteiger partial charge in [-0.3, -0.25) is 9.59 Å². The van der Waals surface area contributed by atoms with Gasteiger partial charge in [-0.1, -0.05) is 0 Å². The van der Waals surface area contributed by atoms with Crippen LogP contribution in [0.1, 0.15) is 18.9 Å². The number of nitrogens with one attached hydrogen (secondary N) is 1. The highest BCUT2D eigenvalue weighted by Gasteiger charge is 2.09. The first-order valence-electron chi connectivity index (χ1n) is 6.96. The van der Waals surface area contributed by atoms with E-state index in [9.17, 15) is 18.4 Å². The van der Waals surface area contributed by atoms with Gasteiger partial charge in [0.25, 0.3) is 0 Å². The molecule has 0 saturated carbocycles. The Morgan fingerprint density at radius 2 is 1.78 bits per heavy atom. The molecule has 0 heterocycles. The molecule has 0 saturated heterocycles. The molecule has 4 nitrogen and oxygen atoms in total. The molecule has 0 bridgehead atoms. The fourth-order valence-corrected chi connectivity index (χ4v) is 1.96. The van der Waals surface area contributed by atoms with Crippen molar-refractivity contribution in [3.63, 3.8) is 0 Å². The van der Waals surface area contributed by atoms with E-state index in [1.807, 2.05) is 0 Å². The van der Waals surface area contributed by atoms with Crippen molar-refractivity contribution in [2.24, 2.45) is 0 Å². The summed E-state index contributed by atoms with van der Waals surface area (Å²) < 4.78 is 31.6. The second kappa shape index (κ2) is 7.49. The molecule has 0 atom stereocenters. The van der Waals surface area contributed by atoms with E-state index < -0.39 is 17.6 Å². The van der Waals surface area contributed by atoms with E-state index >= 15 is 0 Å². The molecule has 1 amide bonds. The summed E-state index contributed by atoms with van der Waals surface area (Å²) in [5.41, 5.74) is 0.710. The number of carbonyl (C=O) groups excluding carboxylic acids is 2. The SMILES string of the molecule is CC(=O)Nc1ccc(OC(=O)CCc2cc(F)ccc2F)cc1. The van der Waals surface area contributed by atoms with Crippen molar-refractivity contribution in [1.29, 1.82) is 0 Å². The number of carbonyl (C=O) groups is 2. The lowest BCUT2D eigenvalue weighted by Crippen LogP contribution is -2.10. The normalized spacial score (nSPS) is 10.2. The number of anilines is 1. The Morgan fingerprint density at radius 3 is 2.43 bits per heavy atom. The number of benzene rings is 2. The molecular weight excluding hydrogens is 304 g/mol. The van der Waals surface area contributed by atoms with E-state index in [1.54, 1.807) is 12.1 Å². The topological polar surface area (TPSA) is 55.4 Å². The van der Waals surface area contributed by atoms with Gasteiger partial charge in [0.05, 0.1) is 6.42 Å². The van der Waals surface area contributed by atoms with Crippen LogP contribution in [-0.2, 0) is 16.0 Å². The number of hydrogen-bond donors (Lipinski definition) is 1. The van der Waals surface area contributed by atoms with Gasteiger partial charge in [0.15, 0.2) is 0 Å². The quantitative estimate of drug-likeness (QED) is 0.678. The second-order valence-corrected chi connectivity index (χ2v) is 4.92. The molecule has 0 aromatic heterocycles. The van der Waals surface area contributed by atoms with Crippen molar-refractivity contribution in [2.75, 3.05) is 5.32 Å². The maximum Gasteiger partial charge on any atom is 0.311 e. The number of esters is 1. The Bertz CT molecular complexity index is 714. The average Bonchev–Trinajstić information content (AvgIpc) is 2.50. The molecule has 1 N–H and O–H groups in total. The summed E-state index contributed by atoms with van der Waals surface area (Å²) in [4.78, 5) is 22.6. The maximum atomic E-state index is 13.4. The molecule has 0 aliphatic heterocycles. The summed E-state index contributed by atoms with van der Waals surface area (Å²) in [5.74, 6) is -1.56. The first-order valence-corrected chi connectivity index (χ1v) is 6.96. The van der Waals surface area contributed by atoms with E-state index in [-0.39, 0.29) is 24.3 Å². The molecule has 6 heteroatoms. The van der Waals surface area contributed by atoms with E-state index in [0.717, 1.165) is 18.2 Å². The lowest BCUT2D eigenvalue weighted by Gasteiger charge is -2.07. The number of aryl methyl sites for hydroxylation is 1. The molecule has 0 radical (unpaired) electrons. The highest BCUT2D eigenvalue weighted by Crippen LogP contribution is 2.17. The van der Waals surface area contributed by atoms with Crippen LogP contribution in [0.15, 0.2) is 42.5 Å². The molecule has 2 aromatic rings. The number of ether oxygens (including phenoxy) is 1. The van der Waals surface area contributed by atoms with Gasteiger partial charge in [-0.15, -0.1) is 0 Å². The molecule has 2 rings (SSSR count). The lowest BCUT2D eigenvalue weighted by molar-refractivity contribution is -0.134. The van der Waals surface area contributed by atoms with Crippen LogP contribution in [0.5, 0.6) is 5.75 Å². The largest absolute Gasteiger partial charge is 0.427 e. The predicted octanol–water partition coefficient (Wildman–Crippen LogP) is 3.46. The Kier molecular flexibility index (Phi) is 5.41. The number of rotatable bonds is 5. The number of amides is 1. The Hall–Kier alpha value is -2.76. The standard InChI is InChI=1S/C17H15F2NO3/c1-11(21)20-14-4-6-15(7-5-14)23-17(22)9-2-12-10-13(18)3-8-16(12)19/h3-8,10H,2,9H2,1H3,(H,20,21). The van der Waals surface area contributed by atoms with Crippen LogP contribution in [0, 0.1) is 11.6 Å². The summed E-state index contributed by atoms with van der Waals surface area (Å²) in [6.45, 7) is 1.39. The van der Waals surface area contributed by atoms with Gasteiger partial charge in [0.2, 0.25) is 5.91 Å². The van der Waals surface area contributed by atoms with Crippen molar-refractivity contribution in [3.8, 4) is 5.75 Å². The third kappa shape index (κ3) is 5.18. The minimum absolute atomic E-state index is 0.0480. The van der Waals surface area contributed by atoms with E-state index in [0.29, 0.717) is 11.4 Å². The first-order chi connectivity index (χ1) is 10.9. The van der Waals surface area contributed by atoms with Crippen molar-refractivity contribution < 1.29 is 23.1 Å². The molecule has 23 heavy (non-hydrogen) atoms. The van der Waals surface area contributed by atoms with E-state index in [4.69, 9.17) is 4.74 Å². The average molecular weight is 319 g/mol. The minimum Gasteiger partial charge on any atom is -0.427 e. The van der Waals surface area contributed by atoms with Gasteiger partial charge in [-0.05, 0) is 54.4 Å². The summed E-state index contributed by atoms with van der Waals surface area (Å²) in [5, 5.41) is 2.59. The lowest BCUT2D eigenvalue weighted by atomic mass is 10.1.